The van der Waals surface area contributed by atoms with Crippen molar-refractivity contribution in [3.05, 3.63) is 0 Å². The summed E-state index contributed by atoms with van der Waals surface area (Å²) in [5, 5.41) is 0. The molecule has 0 saturated carbocycles. The molecule has 0 aromatic rings. The number of piperazine rings is 1. The largest absolute Gasteiger partial charge is 0.304 e. The Hall–Kier alpha value is -0.0800. The van der Waals surface area contributed by atoms with Crippen LogP contribution in [0.3, 0.4) is 0 Å². The summed E-state index contributed by atoms with van der Waals surface area (Å²) in [5.74, 6) is 0.940. The van der Waals surface area contributed by atoms with E-state index < -0.39 is 0 Å². The zero-order valence-corrected chi connectivity index (χ0v) is 11.5. The molecule has 0 amide bonds. The molecule has 1 atom stereocenters. The van der Waals surface area contributed by atoms with Crippen LogP contribution in [0, 0.1) is 5.92 Å². The van der Waals surface area contributed by atoms with Gasteiger partial charge in [0.05, 0.1) is 0 Å². The van der Waals surface area contributed by atoms with E-state index in [0.717, 1.165) is 5.92 Å². The van der Waals surface area contributed by atoms with E-state index in [1.807, 2.05) is 0 Å². The van der Waals surface area contributed by atoms with Gasteiger partial charge in [0.2, 0.25) is 0 Å². The van der Waals surface area contributed by atoms with Gasteiger partial charge in [-0.1, -0.05) is 39.5 Å². The predicted molar refractivity (Wildman–Crippen MR) is 71.9 cm³/mol. The number of nitrogens with zero attached hydrogens (tertiary/aromatic N) is 2. The maximum absolute atomic E-state index is 2.67. The molecule has 0 bridgehead atoms. The Labute approximate surface area is 102 Å². The Kier molecular flexibility index (Phi) is 7.06. The first-order chi connectivity index (χ1) is 7.76. The monoisotopic (exact) mass is 226 g/mol. The van der Waals surface area contributed by atoms with Crippen LogP contribution in [0.2, 0.25) is 0 Å². The van der Waals surface area contributed by atoms with Crippen LogP contribution in [0.25, 0.3) is 0 Å². The molecule has 1 aliphatic rings. The molecule has 0 radical (unpaired) electrons. The Bertz CT molecular complexity index is 162. The van der Waals surface area contributed by atoms with Crippen LogP contribution in [-0.4, -0.2) is 49.6 Å². The summed E-state index contributed by atoms with van der Waals surface area (Å²) in [4.78, 5) is 5.11. The zero-order chi connectivity index (χ0) is 11.8. The summed E-state index contributed by atoms with van der Waals surface area (Å²) in [7, 11) is 2.23. The highest BCUT2D eigenvalue weighted by atomic mass is 15.2. The first kappa shape index (κ1) is 14.0. The average molecular weight is 226 g/mol. The van der Waals surface area contributed by atoms with E-state index in [9.17, 15) is 0 Å². The van der Waals surface area contributed by atoms with Crippen molar-refractivity contribution >= 4 is 0 Å². The van der Waals surface area contributed by atoms with Gasteiger partial charge in [-0.25, -0.2) is 0 Å². The van der Waals surface area contributed by atoms with Crippen LogP contribution in [0.4, 0.5) is 0 Å². The highest BCUT2D eigenvalue weighted by Gasteiger charge is 2.16. The van der Waals surface area contributed by atoms with Gasteiger partial charge in [-0.3, -0.25) is 0 Å². The SMILES string of the molecule is CCCCCC(CC)CN1CCN(C)CC1. The normalized spacial score (nSPS) is 21.2. The molecule has 1 fully saturated rings. The molecule has 1 saturated heterocycles. The van der Waals surface area contributed by atoms with Crippen LogP contribution < -0.4 is 0 Å². The summed E-state index contributed by atoms with van der Waals surface area (Å²) < 4.78 is 0. The fourth-order valence-corrected chi connectivity index (χ4v) is 2.50. The summed E-state index contributed by atoms with van der Waals surface area (Å²) in [6.07, 6.45) is 7.00. The second-order valence-electron chi connectivity index (χ2n) is 5.37. The predicted octanol–water partition coefficient (Wildman–Crippen LogP) is 2.84. The smallest absolute Gasteiger partial charge is 0.0110 e. The molecule has 16 heavy (non-hydrogen) atoms. The van der Waals surface area contributed by atoms with E-state index in [4.69, 9.17) is 0 Å². The topological polar surface area (TPSA) is 6.48 Å². The lowest BCUT2D eigenvalue weighted by atomic mass is 9.98. The maximum atomic E-state index is 2.67. The van der Waals surface area contributed by atoms with E-state index >= 15 is 0 Å². The Morgan fingerprint density at radius 3 is 2.25 bits per heavy atom. The molecule has 1 rings (SSSR count). The third-order valence-corrected chi connectivity index (χ3v) is 3.91. The van der Waals surface area contributed by atoms with Crippen LogP contribution in [0.5, 0.6) is 0 Å². The van der Waals surface area contributed by atoms with Crippen molar-refractivity contribution in [3.63, 3.8) is 0 Å². The quantitative estimate of drug-likeness (QED) is 0.616. The summed E-state index contributed by atoms with van der Waals surface area (Å²) in [5.41, 5.74) is 0. The highest BCUT2D eigenvalue weighted by Crippen LogP contribution is 2.16. The molecular formula is C14H30N2. The zero-order valence-electron chi connectivity index (χ0n) is 11.5. The fraction of sp³-hybridized carbons (Fsp3) is 1.00. The Balaban J connectivity index is 2.16. The van der Waals surface area contributed by atoms with Crippen molar-refractivity contribution < 1.29 is 0 Å². The fourth-order valence-electron chi connectivity index (χ4n) is 2.50. The number of hydrogen-bond donors (Lipinski definition) is 0. The second kappa shape index (κ2) is 8.08. The molecule has 0 N–H and O–H groups in total. The molecule has 0 aliphatic carbocycles. The van der Waals surface area contributed by atoms with Crippen molar-refractivity contribution in [2.45, 2.75) is 46.0 Å². The lowest BCUT2D eigenvalue weighted by Crippen LogP contribution is -2.46. The minimum absolute atomic E-state index is 0.940. The third-order valence-electron chi connectivity index (χ3n) is 3.91. The number of rotatable bonds is 7. The lowest BCUT2D eigenvalue weighted by molar-refractivity contribution is 0.132. The average Bonchev–Trinajstić information content (AvgIpc) is 2.31. The number of hydrogen-bond acceptors (Lipinski definition) is 2. The first-order valence-corrected chi connectivity index (χ1v) is 7.17. The van der Waals surface area contributed by atoms with E-state index in [2.05, 4.69) is 30.7 Å². The van der Waals surface area contributed by atoms with Gasteiger partial charge in [0.25, 0.3) is 0 Å². The lowest BCUT2D eigenvalue weighted by Gasteiger charge is -2.34. The van der Waals surface area contributed by atoms with Gasteiger partial charge in [0, 0.05) is 32.7 Å². The van der Waals surface area contributed by atoms with Gasteiger partial charge < -0.3 is 9.80 Å². The number of likely N-dealkylation sites (N-methyl/N-ethyl adjacent to an activating group) is 1. The van der Waals surface area contributed by atoms with Crippen molar-refractivity contribution in [3.8, 4) is 0 Å². The third kappa shape index (κ3) is 5.31. The molecule has 1 heterocycles. The van der Waals surface area contributed by atoms with Crippen LogP contribution in [0.1, 0.15) is 46.0 Å². The van der Waals surface area contributed by atoms with Gasteiger partial charge in [0.15, 0.2) is 0 Å². The van der Waals surface area contributed by atoms with E-state index in [1.54, 1.807) is 0 Å². The second-order valence-corrected chi connectivity index (χ2v) is 5.37. The maximum Gasteiger partial charge on any atom is 0.0110 e. The standard InChI is InChI=1S/C14H30N2/c1-4-6-7-8-14(5-2)13-16-11-9-15(3)10-12-16/h14H,4-13H2,1-3H3. The van der Waals surface area contributed by atoms with Crippen LogP contribution in [-0.2, 0) is 0 Å². The molecular weight excluding hydrogens is 196 g/mol. The Morgan fingerprint density at radius 1 is 1.00 bits per heavy atom. The molecule has 0 aromatic carbocycles. The minimum Gasteiger partial charge on any atom is -0.304 e. The molecule has 1 unspecified atom stereocenters. The minimum atomic E-state index is 0.940. The van der Waals surface area contributed by atoms with Crippen molar-refractivity contribution in [2.24, 2.45) is 5.92 Å². The Morgan fingerprint density at radius 2 is 1.69 bits per heavy atom. The van der Waals surface area contributed by atoms with Crippen LogP contribution >= 0.6 is 0 Å². The van der Waals surface area contributed by atoms with Crippen molar-refractivity contribution in [2.75, 3.05) is 39.8 Å². The highest BCUT2D eigenvalue weighted by molar-refractivity contribution is 4.72. The van der Waals surface area contributed by atoms with Crippen molar-refractivity contribution in [1.29, 1.82) is 0 Å². The van der Waals surface area contributed by atoms with Gasteiger partial charge in [-0.2, -0.15) is 0 Å². The first-order valence-electron chi connectivity index (χ1n) is 7.17. The van der Waals surface area contributed by atoms with Crippen molar-refractivity contribution in [1.82, 2.24) is 9.80 Å². The molecule has 96 valence electrons. The van der Waals surface area contributed by atoms with Crippen LogP contribution in [0.15, 0.2) is 0 Å². The van der Waals surface area contributed by atoms with Gasteiger partial charge in [-0.05, 0) is 19.4 Å². The molecule has 0 aromatic heterocycles. The van der Waals surface area contributed by atoms with Gasteiger partial charge >= 0.3 is 0 Å². The summed E-state index contributed by atoms with van der Waals surface area (Å²) in [6, 6.07) is 0. The van der Waals surface area contributed by atoms with Gasteiger partial charge in [0.1, 0.15) is 0 Å². The molecule has 0 spiro atoms. The van der Waals surface area contributed by atoms with E-state index in [1.165, 1.54) is 64.8 Å². The number of unbranched alkanes of at least 4 members (excludes halogenated alkanes) is 2. The van der Waals surface area contributed by atoms with E-state index in [-0.39, 0.29) is 0 Å². The van der Waals surface area contributed by atoms with E-state index in [0.29, 0.717) is 0 Å². The van der Waals surface area contributed by atoms with Gasteiger partial charge in [-0.15, -0.1) is 0 Å². The molecule has 2 heteroatoms. The summed E-state index contributed by atoms with van der Waals surface area (Å²) in [6.45, 7) is 11.1. The molecule has 1 aliphatic heterocycles. The molecule has 2 nitrogen and oxygen atoms in total. The summed E-state index contributed by atoms with van der Waals surface area (Å²) >= 11 is 0.